The molecule has 1 aromatic heterocycles. The maximum Gasteiger partial charge on any atom is 0.357 e. The van der Waals surface area contributed by atoms with E-state index in [0.29, 0.717) is 11.9 Å². The largest absolute Gasteiger partial charge is 0.476 e. The summed E-state index contributed by atoms with van der Waals surface area (Å²) in [6.45, 7) is 3.09. The number of aromatic carboxylic acids is 1. The highest BCUT2D eigenvalue weighted by molar-refractivity contribution is 5.85. The summed E-state index contributed by atoms with van der Waals surface area (Å²) < 4.78 is 5.04. The van der Waals surface area contributed by atoms with Crippen LogP contribution in [0.1, 0.15) is 43.1 Å². The van der Waals surface area contributed by atoms with Crippen molar-refractivity contribution in [2.24, 2.45) is 11.8 Å². The van der Waals surface area contributed by atoms with Gasteiger partial charge in [0.05, 0.1) is 0 Å². The summed E-state index contributed by atoms with van der Waals surface area (Å²) in [6, 6.07) is 0.306. The van der Waals surface area contributed by atoms with Crippen LogP contribution in [0.4, 0.5) is 6.01 Å². The number of carbonyl (C=O) groups is 1. The normalized spacial score (nSPS) is 24.5. The highest BCUT2D eigenvalue weighted by atomic mass is 16.4. The van der Waals surface area contributed by atoms with Gasteiger partial charge in [0.1, 0.15) is 6.26 Å². The summed E-state index contributed by atoms with van der Waals surface area (Å²) in [5.41, 5.74) is -0.0514. The topological polar surface area (TPSA) is 75.4 Å². The van der Waals surface area contributed by atoms with Crippen molar-refractivity contribution in [3.05, 3.63) is 12.0 Å². The van der Waals surface area contributed by atoms with Gasteiger partial charge in [-0.1, -0.05) is 19.8 Å². The molecule has 2 atom stereocenters. The molecule has 0 spiro atoms. The van der Waals surface area contributed by atoms with E-state index in [1.807, 2.05) is 0 Å². The van der Waals surface area contributed by atoms with Crippen LogP contribution < -0.4 is 5.32 Å². The zero-order chi connectivity index (χ0) is 12.3. The van der Waals surface area contributed by atoms with Gasteiger partial charge >= 0.3 is 5.97 Å². The lowest BCUT2D eigenvalue weighted by atomic mass is 9.82. The van der Waals surface area contributed by atoms with Crippen LogP contribution in [0.15, 0.2) is 10.7 Å². The Morgan fingerprint density at radius 1 is 1.65 bits per heavy atom. The van der Waals surface area contributed by atoms with Gasteiger partial charge < -0.3 is 14.8 Å². The molecule has 2 unspecified atom stereocenters. The highest BCUT2D eigenvalue weighted by Crippen LogP contribution is 2.28. The Kier molecular flexibility index (Phi) is 3.66. The van der Waals surface area contributed by atoms with Crippen molar-refractivity contribution in [2.75, 3.05) is 11.9 Å². The van der Waals surface area contributed by atoms with Crippen molar-refractivity contribution in [2.45, 2.75) is 32.6 Å². The molecule has 0 aromatic carbocycles. The van der Waals surface area contributed by atoms with Gasteiger partial charge in [0.25, 0.3) is 6.01 Å². The van der Waals surface area contributed by atoms with Gasteiger partial charge in [0.2, 0.25) is 0 Å². The first kappa shape index (κ1) is 12.0. The number of hydrogen-bond donors (Lipinski definition) is 2. The lowest BCUT2D eigenvalue weighted by molar-refractivity contribution is 0.0690. The molecule has 1 aliphatic rings. The maximum absolute atomic E-state index is 10.6. The molecule has 0 saturated heterocycles. The second-order valence-corrected chi connectivity index (χ2v) is 4.86. The van der Waals surface area contributed by atoms with Crippen LogP contribution in [0, 0.1) is 11.8 Å². The molecular weight excluding hydrogens is 220 g/mol. The Balaban J connectivity index is 1.82. The molecule has 0 amide bonds. The van der Waals surface area contributed by atoms with E-state index >= 15 is 0 Å². The Hall–Kier alpha value is -1.52. The minimum absolute atomic E-state index is 0.0514. The lowest BCUT2D eigenvalue weighted by Crippen LogP contribution is -2.21. The predicted molar refractivity (Wildman–Crippen MR) is 63.1 cm³/mol. The molecule has 1 heterocycles. The maximum atomic E-state index is 10.6. The first-order valence-electron chi connectivity index (χ1n) is 6.08. The summed E-state index contributed by atoms with van der Waals surface area (Å²) in [7, 11) is 0. The second kappa shape index (κ2) is 5.21. The molecule has 0 bridgehead atoms. The van der Waals surface area contributed by atoms with E-state index in [-0.39, 0.29) is 5.69 Å². The Labute approximate surface area is 100 Å². The number of anilines is 1. The minimum Gasteiger partial charge on any atom is -0.476 e. The van der Waals surface area contributed by atoms with E-state index in [9.17, 15) is 4.79 Å². The van der Waals surface area contributed by atoms with Gasteiger partial charge in [-0.2, -0.15) is 4.98 Å². The smallest absolute Gasteiger partial charge is 0.357 e. The van der Waals surface area contributed by atoms with Crippen molar-refractivity contribution in [3.63, 3.8) is 0 Å². The fraction of sp³-hybridized carbons (Fsp3) is 0.667. The molecule has 2 rings (SSSR count). The number of hydrogen-bond acceptors (Lipinski definition) is 4. The third-order valence-corrected chi connectivity index (χ3v) is 3.31. The molecule has 2 N–H and O–H groups in total. The monoisotopic (exact) mass is 238 g/mol. The van der Waals surface area contributed by atoms with Crippen molar-refractivity contribution in [1.29, 1.82) is 0 Å². The van der Waals surface area contributed by atoms with E-state index in [2.05, 4.69) is 17.2 Å². The molecule has 1 fully saturated rings. The van der Waals surface area contributed by atoms with Crippen molar-refractivity contribution >= 4 is 12.0 Å². The first-order valence-corrected chi connectivity index (χ1v) is 6.08. The van der Waals surface area contributed by atoms with Gasteiger partial charge in [-0.15, -0.1) is 0 Å². The molecule has 1 saturated carbocycles. The number of aromatic nitrogens is 1. The molecule has 5 nitrogen and oxygen atoms in total. The summed E-state index contributed by atoms with van der Waals surface area (Å²) in [6.07, 6.45) is 6.20. The molecular formula is C12H18N2O3. The number of nitrogens with one attached hydrogen (secondary N) is 1. The Morgan fingerprint density at radius 2 is 2.47 bits per heavy atom. The number of carboxylic acid groups (broad SMARTS) is 1. The molecule has 0 radical (unpaired) electrons. The summed E-state index contributed by atoms with van der Waals surface area (Å²) >= 11 is 0. The third kappa shape index (κ3) is 3.22. The van der Waals surface area contributed by atoms with E-state index < -0.39 is 5.97 Å². The third-order valence-electron chi connectivity index (χ3n) is 3.31. The van der Waals surface area contributed by atoms with Crippen LogP contribution in [-0.4, -0.2) is 22.6 Å². The molecule has 17 heavy (non-hydrogen) atoms. The zero-order valence-electron chi connectivity index (χ0n) is 9.98. The van der Waals surface area contributed by atoms with Crippen molar-refractivity contribution < 1.29 is 14.3 Å². The summed E-state index contributed by atoms with van der Waals surface area (Å²) in [5, 5.41) is 11.8. The number of oxazole rings is 1. The lowest BCUT2D eigenvalue weighted by Gasteiger charge is -2.26. The molecule has 1 aromatic rings. The standard InChI is InChI=1S/C12H18N2O3/c1-8-3-2-4-9(5-8)6-13-12-14-10(7-17-12)11(15)16/h7-9H,2-6H2,1H3,(H,13,14)(H,15,16). The summed E-state index contributed by atoms with van der Waals surface area (Å²) in [4.78, 5) is 14.4. The quantitative estimate of drug-likeness (QED) is 0.843. The Bertz CT molecular complexity index is 389. The van der Waals surface area contributed by atoms with Gasteiger partial charge in [0, 0.05) is 6.54 Å². The highest BCUT2D eigenvalue weighted by Gasteiger charge is 2.19. The van der Waals surface area contributed by atoms with E-state index in [4.69, 9.17) is 9.52 Å². The van der Waals surface area contributed by atoms with Crippen LogP contribution in [0.3, 0.4) is 0 Å². The second-order valence-electron chi connectivity index (χ2n) is 4.86. The van der Waals surface area contributed by atoms with E-state index in [0.717, 1.165) is 18.7 Å². The predicted octanol–water partition coefficient (Wildman–Crippen LogP) is 2.61. The van der Waals surface area contributed by atoms with E-state index in [1.54, 1.807) is 0 Å². The van der Waals surface area contributed by atoms with Gasteiger partial charge in [0.15, 0.2) is 5.69 Å². The number of carboxylic acids is 1. The van der Waals surface area contributed by atoms with Gasteiger partial charge in [-0.3, -0.25) is 0 Å². The van der Waals surface area contributed by atoms with Crippen LogP contribution in [-0.2, 0) is 0 Å². The van der Waals surface area contributed by atoms with Crippen LogP contribution >= 0.6 is 0 Å². The summed E-state index contributed by atoms with van der Waals surface area (Å²) in [5.74, 6) is 0.363. The average molecular weight is 238 g/mol. The zero-order valence-corrected chi connectivity index (χ0v) is 9.98. The molecule has 94 valence electrons. The number of rotatable bonds is 4. The van der Waals surface area contributed by atoms with Crippen molar-refractivity contribution in [3.8, 4) is 0 Å². The SMILES string of the molecule is CC1CCCC(CNc2nc(C(=O)O)co2)C1. The average Bonchev–Trinajstić information content (AvgIpc) is 2.75. The first-order chi connectivity index (χ1) is 8.15. The van der Waals surface area contributed by atoms with Crippen molar-refractivity contribution in [1.82, 2.24) is 4.98 Å². The molecule has 0 aliphatic heterocycles. The minimum atomic E-state index is -1.06. The van der Waals surface area contributed by atoms with Gasteiger partial charge in [-0.05, 0) is 24.7 Å². The fourth-order valence-corrected chi connectivity index (χ4v) is 2.43. The molecule has 1 aliphatic carbocycles. The number of nitrogens with zero attached hydrogens (tertiary/aromatic N) is 1. The molecule has 5 heteroatoms. The van der Waals surface area contributed by atoms with Crippen LogP contribution in [0.25, 0.3) is 0 Å². The van der Waals surface area contributed by atoms with Gasteiger partial charge in [-0.25, -0.2) is 4.79 Å². The fourth-order valence-electron chi connectivity index (χ4n) is 2.43. The van der Waals surface area contributed by atoms with Crippen LogP contribution in [0.5, 0.6) is 0 Å². The van der Waals surface area contributed by atoms with Crippen LogP contribution in [0.2, 0.25) is 0 Å². The Morgan fingerprint density at radius 3 is 3.12 bits per heavy atom. The van der Waals surface area contributed by atoms with E-state index in [1.165, 1.54) is 25.7 Å².